The Morgan fingerprint density at radius 3 is 2.44 bits per heavy atom. The third-order valence-corrected chi connectivity index (χ3v) is 5.54. The van der Waals surface area contributed by atoms with Gasteiger partial charge in [0.2, 0.25) is 10.0 Å². The van der Waals surface area contributed by atoms with Crippen LogP contribution in [-0.2, 0) is 23.6 Å². The maximum absolute atomic E-state index is 12.5. The number of sulfonamides is 1. The molecule has 3 aromatic rings. The lowest BCUT2D eigenvalue weighted by Crippen LogP contribution is -2.23. The van der Waals surface area contributed by atoms with Gasteiger partial charge in [0, 0.05) is 25.0 Å². The van der Waals surface area contributed by atoms with Gasteiger partial charge in [0.25, 0.3) is 0 Å². The Balaban J connectivity index is 1.78. The molecule has 0 saturated heterocycles. The number of hydrogen-bond donors (Lipinski definition) is 1. The van der Waals surface area contributed by atoms with Gasteiger partial charge in [-0.1, -0.05) is 6.07 Å². The van der Waals surface area contributed by atoms with Crippen molar-refractivity contribution in [2.24, 2.45) is 7.05 Å². The third-order valence-electron chi connectivity index (χ3n) is 4.14. The molecule has 0 amide bonds. The number of rotatable bonds is 5. The number of aryl methyl sites for hydroxylation is 3. The van der Waals surface area contributed by atoms with Gasteiger partial charge in [-0.15, -0.1) is 0 Å². The van der Waals surface area contributed by atoms with Crippen molar-refractivity contribution in [2.45, 2.75) is 25.3 Å². The lowest BCUT2D eigenvalue weighted by Gasteiger charge is -2.07. The normalized spacial score (nSPS) is 11.6. The molecule has 2 heterocycles. The van der Waals surface area contributed by atoms with Crippen molar-refractivity contribution in [3.05, 3.63) is 65.6 Å². The van der Waals surface area contributed by atoms with Crippen LogP contribution in [0.15, 0.2) is 53.7 Å². The zero-order valence-corrected chi connectivity index (χ0v) is 15.2. The Bertz CT molecular complexity index is 995. The highest BCUT2D eigenvalue weighted by molar-refractivity contribution is 7.89. The Morgan fingerprint density at radius 2 is 1.76 bits per heavy atom. The van der Waals surface area contributed by atoms with Crippen LogP contribution in [0.5, 0.6) is 0 Å². The SMILES string of the molecule is Cc1ccc(S(=O)(=O)NCc2cc(-c3ccncc3)n(C)n2)cc1C. The number of hydrogen-bond acceptors (Lipinski definition) is 4. The van der Waals surface area contributed by atoms with Gasteiger partial charge in [0.05, 0.1) is 22.8 Å². The second kappa shape index (κ2) is 6.78. The molecule has 0 saturated carbocycles. The summed E-state index contributed by atoms with van der Waals surface area (Å²) in [5.74, 6) is 0. The Hall–Kier alpha value is -2.51. The van der Waals surface area contributed by atoms with Crippen LogP contribution in [-0.4, -0.2) is 23.2 Å². The van der Waals surface area contributed by atoms with Gasteiger partial charge in [0.15, 0.2) is 0 Å². The van der Waals surface area contributed by atoms with Crippen molar-refractivity contribution < 1.29 is 8.42 Å². The van der Waals surface area contributed by atoms with E-state index in [2.05, 4.69) is 14.8 Å². The van der Waals surface area contributed by atoms with Crippen molar-refractivity contribution in [2.75, 3.05) is 0 Å². The summed E-state index contributed by atoms with van der Waals surface area (Å²) in [6, 6.07) is 10.8. The van der Waals surface area contributed by atoms with E-state index < -0.39 is 10.0 Å². The molecular weight excluding hydrogens is 336 g/mol. The van der Waals surface area contributed by atoms with Gasteiger partial charge in [-0.2, -0.15) is 5.10 Å². The quantitative estimate of drug-likeness (QED) is 0.762. The van der Waals surface area contributed by atoms with Crippen LogP contribution in [0.2, 0.25) is 0 Å². The zero-order chi connectivity index (χ0) is 18.0. The number of nitrogens with one attached hydrogen (secondary N) is 1. The maximum atomic E-state index is 12.5. The molecule has 0 spiro atoms. The molecule has 25 heavy (non-hydrogen) atoms. The molecule has 130 valence electrons. The summed E-state index contributed by atoms with van der Waals surface area (Å²) in [6.45, 7) is 3.98. The summed E-state index contributed by atoms with van der Waals surface area (Å²) < 4.78 is 29.3. The van der Waals surface area contributed by atoms with Gasteiger partial charge in [-0.05, 0) is 55.3 Å². The van der Waals surface area contributed by atoms with Crippen LogP contribution in [0, 0.1) is 13.8 Å². The predicted molar refractivity (Wildman–Crippen MR) is 96.4 cm³/mol. The summed E-state index contributed by atoms with van der Waals surface area (Å²) in [5, 5.41) is 4.38. The van der Waals surface area contributed by atoms with Gasteiger partial charge in [0.1, 0.15) is 0 Å². The minimum absolute atomic E-state index is 0.133. The van der Waals surface area contributed by atoms with E-state index in [0.717, 1.165) is 22.4 Å². The highest BCUT2D eigenvalue weighted by atomic mass is 32.2. The molecular formula is C18H20N4O2S. The van der Waals surface area contributed by atoms with Crippen LogP contribution < -0.4 is 4.72 Å². The first-order valence-electron chi connectivity index (χ1n) is 7.87. The summed E-state index contributed by atoms with van der Waals surface area (Å²) >= 11 is 0. The third kappa shape index (κ3) is 3.78. The molecule has 0 unspecified atom stereocenters. The van der Waals surface area contributed by atoms with E-state index in [-0.39, 0.29) is 11.4 Å². The molecule has 0 aliphatic heterocycles. The molecule has 0 atom stereocenters. The second-order valence-corrected chi connectivity index (χ2v) is 7.72. The Labute approximate surface area is 147 Å². The van der Waals surface area contributed by atoms with Gasteiger partial charge >= 0.3 is 0 Å². The smallest absolute Gasteiger partial charge is 0.240 e. The molecule has 1 aromatic carbocycles. The fraction of sp³-hybridized carbons (Fsp3) is 0.222. The van der Waals surface area contributed by atoms with Gasteiger partial charge in [-0.25, -0.2) is 13.1 Å². The second-order valence-electron chi connectivity index (χ2n) is 5.95. The lowest BCUT2D eigenvalue weighted by atomic mass is 10.1. The van der Waals surface area contributed by atoms with E-state index in [4.69, 9.17) is 0 Å². The van der Waals surface area contributed by atoms with Crippen molar-refractivity contribution in [3.63, 3.8) is 0 Å². The zero-order valence-electron chi connectivity index (χ0n) is 14.4. The summed E-state index contributed by atoms with van der Waals surface area (Å²) in [7, 11) is -1.74. The average Bonchev–Trinajstić information content (AvgIpc) is 2.97. The molecule has 2 aromatic heterocycles. The van der Waals surface area contributed by atoms with Crippen LogP contribution in [0.3, 0.4) is 0 Å². The van der Waals surface area contributed by atoms with Gasteiger partial charge < -0.3 is 0 Å². The van der Waals surface area contributed by atoms with Crippen LogP contribution in [0.25, 0.3) is 11.3 Å². The maximum Gasteiger partial charge on any atom is 0.240 e. The van der Waals surface area contributed by atoms with Crippen molar-refractivity contribution in [1.82, 2.24) is 19.5 Å². The minimum atomic E-state index is -3.58. The van der Waals surface area contributed by atoms with E-state index in [1.54, 1.807) is 29.2 Å². The molecule has 6 nitrogen and oxygen atoms in total. The standard InChI is InChI=1S/C18H20N4O2S/c1-13-4-5-17(10-14(13)2)25(23,24)20-12-16-11-18(22(3)21-16)15-6-8-19-9-7-15/h4-11,20H,12H2,1-3H3. The van der Waals surface area contributed by atoms with Crippen LogP contribution in [0.1, 0.15) is 16.8 Å². The summed E-state index contributed by atoms with van der Waals surface area (Å²) in [6.07, 6.45) is 3.43. The van der Waals surface area contributed by atoms with Crippen molar-refractivity contribution >= 4 is 10.0 Å². The monoisotopic (exact) mass is 356 g/mol. The molecule has 7 heteroatoms. The number of aromatic nitrogens is 3. The van der Waals surface area contributed by atoms with E-state index >= 15 is 0 Å². The van der Waals surface area contributed by atoms with E-state index in [1.165, 1.54) is 0 Å². The van der Waals surface area contributed by atoms with E-state index in [0.29, 0.717) is 5.69 Å². The number of benzene rings is 1. The largest absolute Gasteiger partial charge is 0.268 e. The number of nitrogens with zero attached hydrogens (tertiary/aromatic N) is 3. The van der Waals surface area contributed by atoms with E-state index in [9.17, 15) is 8.42 Å². The predicted octanol–water partition coefficient (Wildman–Crippen LogP) is 2.58. The number of pyridine rings is 1. The molecule has 0 aliphatic rings. The van der Waals surface area contributed by atoms with Crippen LogP contribution in [0.4, 0.5) is 0 Å². The lowest BCUT2D eigenvalue weighted by molar-refractivity contribution is 0.579. The fourth-order valence-corrected chi connectivity index (χ4v) is 3.62. The summed E-state index contributed by atoms with van der Waals surface area (Å²) in [4.78, 5) is 4.27. The molecule has 0 bridgehead atoms. The summed E-state index contributed by atoms with van der Waals surface area (Å²) in [5.41, 5.74) is 4.55. The average molecular weight is 356 g/mol. The topological polar surface area (TPSA) is 76.9 Å². The molecule has 3 rings (SSSR count). The first-order chi connectivity index (χ1) is 11.9. The molecule has 0 radical (unpaired) electrons. The van der Waals surface area contributed by atoms with E-state index in [1.807, 2.05) is 45.2 Å². The molecule has 0 fully saturated rings. The first kappa shape index (κ1) is 17.3. The van der Waals surface area contributed by atoms with Crippen molar-refractivity contribution in [3.8, 4) is 11.3 Å². The fourth-order valence-electron chi connectivity index (χ4n) is 2.54. The molecule has 0 aliphatic carbocycles. The van der Waals surface area contributed by atoms with Gasteiger partial charge in [-0.3, -0.25) is 9.67 Å². The highest BCUT2D eigenvalue weighted by Crippen LogP contribution is 2.19. The minimum Gasteiger partial charge on any atom is -0.268 e. The first-order valence-corrected chi connectivity index (χ1v) is 9.35. The Kier molecular flexibility index (Phi) is 4.69. The molecule has 1 N–H and O–H groups in total. The Morgan fingerprint density at radius 1 is 1.04 bits per heavy atom. The van der Waals surface area contributed by atoms with Crippen molar-refractivity contribution in [1.29, 1.82) is 0 Å². The highest BCUT2D eigenvalue weighted by Gasteiger charge is 2.16. The van der Waals surface area contributed by atoms with Crippen LogP contribution >= 0.6 is 0 Å².